The summed E-state index contributed by atoms with van der Waals surface area (Å²) in [5.41, 5.74) is 4.98. The van der Waals surface area contributed by atoms with Crippen LogP contribution in [0.1, 0.15) is 0 Å². The molecule has 0 aromatic rings. The lowest BCUT2D eigenvalue weighted by molar-refractivity contribution is -0.158. The van der Waals surface area contributed by atoms with E-state index < -0.39 is 5.41 Å². The zero-order valence-corrected chi connectivity index (χ0v) is 6.02. The van der Waals surface area contributed by atoms with E-state index in [2.05, 4.69) is 5.32 Å². The summed E-state index contributed by atoms with van der Waals surface area (Å²) in [4.78, 5) is 11.1. The van der Waals surface area contributed by atoms with Gasteiger partial charge >= 0.3 is 0 Å². The van der Waals surface area contributed by atoms with E-state index in [1.807, 2.05) is 0 Å². The molecule has 1 aliphatic rings. The second-order valence-corrected chi connectivity index (χ2v) is 2.56. The maximum atomic E-state index is 11.1. The first-order valence-electron chi connectivity index (χ1n) is 3.25. The molecule has 0 aromatic heterocycles. The zero-order valence-electron chi connectivity index (χ0n) is 6.02. The molecule has 0 unspecified atom stereocenters. The minimum absolute atomic E-state index is 0.0127. The van der Waals surface area contributed by atoms with Crippen LogP contribution in [0.25, 0.3) is 0 Å². The van der Waals surface area contributed by atoms with Gasteiger partial charge in [-0.3, -0.25) is 4.79 Å². The van der Waals surface area contributed by atoms with Gasteiger partial charge in [0, 0.05) is 13.6 Å². The van der Waals surface area contributed by atoms with Crippen molar-refractivity contribution in [3.8, 4) is 0 Å². The van der Waals surface area contributed by atoms with Crippen molar-refractivity contribution >= 4 is 5.91 Å². The van der Waals surface area contributed by atoms with E-state index in [1.54, 1.807) is 7.05 Å². The Kier molecular flexibility index (Phi) is 1.92. The quantitative estimate of drug-likeness (QED) is 0.506. The van der Waals surface area contributed by atoms with Crippen molar-refractivity contribution in [2.24, 2.45) is 11.1 Å². The van der Waals surface area contributed by atoms with Gasteiger partial charge in [0.05, 0.1) is 13.2 Å². The van der Waals surface area contributed by atoms with Crippen LogP contribution in [0.15, 0.2) is 0 Å². The van der Waals surface area contributed by atoms with Gasteiger partial charge in [-0.2, -0.15) is 0 Å². The lowest BCUT2D eigenvalue weighted by Crippen LogP contribution is -2.57. The second-order valence-electron chi connectivity index (χ2n) is 2.56. The van der Waals surface area contributed by atoms with Gasteiger partial charge < -0.3 is 15.8 Å². The Bertz CT molecular complexity index is 137. The highest BCUT2D eigenvalue weighted by atomic mass is 16.5. The average Bonchev–Trinajstić information content (AvgIpc) is 1.86. The number of nitrogens with two attached hydrogens (primary N) is 1. The first-order chi connectivity index (χ1) is 4.75. The van der Waals surface area contributed by atoms with Crippen LogP contribution in [0.2, 0.25) is 0 Å². The van der Waals surface area contributed by atoms with Gasteiger partial charge in [0.1, 0.15) is 5.41 Å². The molecular weight excluding hydrogens is 132 g/mol. The molecule has 0 aromatic carbocycles. The van der Waals surface area contributed by atoms with Crippen molar-refractivity contribution in [1.82, 2.24) is 5.32 Å². The Morgan fingerprint density at radius 1 is 1.80 bits per heavy atom. The van der Waals surface area contributed by atoms with Crippen LogP contribution >= 0.6 is 0 Å². The molecule has 0 radical (unpaired) electrons. The molecule has 58 valence electrons. The molecule has 1 heterocycles. The summed E-state index contributed by atoms with van der Waals surface area (Å²) < 4.78 is 4.91. The Labute approximate surface area is 59.7 Å². The maximum absolute atomic E-state index is 11.1. The summed E-state index contributed by atoms with van der Waals surface area (Å²) in [7, 11) is 1.61. The normalized spacial score (nSPS) is 21.4. The lowest BCUT2D eigenvalue weighted by Gasteiger charge is -2.38. The van der Waals surface area contributed by atoms with E-state index in [4.69, 9.17) is 10.5 Å². The molecule has 10 heavy (non-hydrogen) atoms. The first-order valence-corrected chi connectivity index (χ1v) is 3.25. The summed E-state index contributed by atoms with van der Waals surface area (Å²) in [6.07, 6.45) is 0. The molecule has 0 aliphatic carbocycles. The number of nitrogens with one attached hydrogen (secondary N) is 1. The predicted molar refractivity (Wildman–Crippen MR) is 36.4 cm³/mol. The van der Waals surface area contributed by atoms with E-state index in [9.17, 15) is 4.79 Å². The van der Waals surface area contributed by atoms with Crippen molar-refractivity contribution in [3.05, 3.63) is 0 Å². The number of amides is 1. The smallest absolute Gasteiger partial charge is 0.231 e. The van der Waals surface area contributed by atoms with Gasteiger partial charge in [-0.1, -0.05) is 0 Å². The third-order valence-corrected chi connectivity index (χ3v) is 1.86. The Hall–Kier alpha value is -0.610. The largest absolute Gasteiger partial charge is 0.379 e. The first kappa shape index (κ1) is 7.50. The third-order valence-electron chi connectivity index (χ3n) is 1.86. The van der Waals surface area contributed by atoms with Crippen LogP contribution < -0.4 is 11.1 Å². The van der Waals surface area contributed by atoms with E-state index >= 15 is 0 Å². The molecule has 0 atom stereocenters. The number of carbonyl (C=O) groups excluding carboxylic acids is 1. The molecule has 1 aliphatic heterocycles. The predicted octanol–water partition coefficient (Wildman–Crippen LogP) is -1.29. The SMILES string of the molecule is CNC(=O)C1(CN)COC1. The number of carbonyl (C=O) groups is 1. The van der Waals surface area contributed by atoms with Crippen molar-refractivity contribution in [1.29, 1.82) is 0 Å². The number of hydrogen-bond donors (Lipinski definition) is 2. The fraction of sp³-hybridized carbons (Fsp3) is 0.833. The number of hydrogen-bond acceptors (Lipinski definition) is 3. The summed E-state index contributed by atoms with van der Waals surface area (Å²) >= 11 is 0. The van der Waals surface area contributed by atoms with Gasteiger partial charge in [0.15, 0.2) is 0 Å². The number of rotatable bonds is 2. The molecule has 1 amide bonds. The van der Waals surface area contributed by atoms with E-state index in [-0.39, 0.29) is 5.91 Å². The minimum Gasteiger partial charge on any atom is -0.379 e. The molecule has 4 heteroatoms. The summed E-state index contributed by atoms with van der Waals surface area (Å²) in [6, 6.07) is 0. The molecule has 1 saturated heterocycles. The van der Waals surface area contributed by atoms with Crippen molar-refractivity contribution < 1.29 is 9.53 Å². The van der Waals surface area contributed by atoms with Crippen molar-refractivity contribution in [3.63, 3.8) is 0 Å². The van der Waals surface area contributed by atoms with Gasteiger partial charge in [-0.05, 0) is 0 Å². The highest BCUT2D eigenvalue weighted by Crippen LogP contribution is 2.25. The van der Waals surface area contributed by atoms with Crippen LogP contribution in [0, 0.1) is 5.41 Å². The van der Waals surface area contributed by atoms with E-state index in [1.165, 1.54) is 0 Å². The molecule has 0 saturated carbocycles. The molecule has 1 rings (SSSR count). The second kappa shape index (κ2) is 2.56. The Balaban J connectivity index is 2.55. The summed E-state index contributed by atoms with van der Waals surface area (Å²) in [5.74, 6) is -0.0127. The van der Waals surface area contributed by atoms with Crippen LogP contribution in [-0.2, 0) is 9.53 Å². The zero-order chi connectivity index (χ0) is 7.61. The molecular formula is C6H12N2O2. The summed E-state index contributed by atoms with van der Waals surface area (Å²) in [6.45, 7) is 1.29. The molecule has 3 N–H and O–H groups in total. The third kappa shape index (κ3) is 0.892. The summed E-state index contributed by atoms with van der Waals surface area (Å²) in [5, 5.41) is 2.56. The lowest BCUT2D eigenvalue weighted by atomic mass is 9.85. The Morgan fingerprint density at radius 3 is 2.50 bits per heavy atom. The van der Waals surface area contributed by atoms with E-state index in [0.717, 1.165) is 0 Å². The molecule has 4 nitrogen and oxygen atoms in total. The fourth-order valence-corrected chi connectivity index (χ4v) is 0.955. The average molecular weight is 144 g/mol. The van der Waals surface area contributed by atoms with Crippen molar-refractivity contribution in [2.75, 3.05) is 26.8 Å². The van der Waals surface area contributed by atoms with Gasteiger partial charge in [-0.15, -0.1) is 0 Å². The van der Waals surface area contributed by atoms with Crippen LogP contribution in [0.3, 0.4) is 0 Å². The van der Waals surface area contributed by atoms with Crippen molar-refractivity contribution in [2.45, 2.75) is 0 Å². The Morgan fingerprint density at radius 2 is 2.40 bits per heavy atom. The monoisotopic (exact) mass is 144 g/mol. The van der Waals surface area contributed by atoms with Crippen LogP contribution in [-0.4, -0.2) is 32.7 Å². The standard InChI is InChI=1S/C6H12N2O2/c1-8-5(9)6(2-7)3-10-4-6/h2-4,7H2,1H3,(H,8,9). The fourth-order valence-electron chi connectivity index (χ4n) is 0.955. The topological polar surface area (TPSA) is 64.4 Å². The molecule has 0 bridgehead atoms. The van der Waals surface area contributed by atoms with Crippen LogP contribution in [0.5, 0.6) is 0 Å². The van der Waals surface area contributed by atoms with Gasteiger partial charge in [0.25, 0.3) is 0 Å². The van der Waals surface area contributed by atoms with Crippen LogP contribution in [0.4, 0.5) is 0 Å². The maximum Gasteiger partial charge on any atom is 0.231 e. The molecule has 0 spiro atoms. The number of ether oxygens (including phenoxy) is 1. The van der Waals surface area contributed by atoms with E-state index in [0.29, 0.717) is 19.8 Å². The highest BCUT2D eigenvalue weighted by molar-refractivity contribution is 5.83. The van der Waals surface area contributed by atoms with Gasteiger partial charge in [-0.25, -0.2) is 0 Å². The van der Waals surface area contributed by atoms with Gasteiger partial charge in [0.2, 0.25) is 5.91 Å². The molecule has 1 fully saturated rings. The highest BCUT2D eigenvalue weighted by Gasteiger charge is 2.43. The minimum atomic E-state index is -0.422.